The van der Waals surface area contributed by atoms with Crippen molar-refractivity contribution in [2.45, 2.75) is 26.5 Å². The highest BCUT2D eigenvalue weighted by molar-refractivity contribution is 5.76. The number of aryl methyl sites for hydroxylation is 1. The summed E-state index contributed by atoms with van der Waals surface area (Å²) in [5, 5.41) is 9.04. The predicted molar refractivity (Wildman–Crippen MR) is 61.7 cm³/mol. The lowest BCUT2D eigenvalue weighted by atomic mass is 10.2. The average molecular weight is 235 g/mol. The van der Waals surface area contributed by atoms with Gasteiger partial charge < -0.3 is 9.52 Å². The number of carbonyl (C=O) groups is 1. The number of aliphatic hydroxyl groups is 1. The van der Waals surface area contributed by atoms with Crippen molar-refractivity contribution in [3.8, 4) is 0 Å². The van der Waals surface area contributed by atoms with Crippen LogP contribution < -0.4 is 5.76 Å². The molecule has 5 heteroatoms. The second-order valence-electron chi connectivity index (χ2n) is 3.93. The Morgan fingerprint density at radius 3 is 2.88 bits per heavy atom. The van der Waals surface area contributed by atoms with Crippen LogP contribution in [0.25, 0.3) is 11.1 Å². The van der Waals surface area contributed by atoms with Crippen LogP contribution in [0.2, 0.25) is 0 Å². The van der Waals surface area contributed by atoms with Crippen molar-refractivity contribution in [1.29, 1.82) is 0 Å². The highest BCUT2D eigenvalue weighted by Crippen LogP contribution is 2.15. The summed E-state index contributed by atoms with van der Waals surface area (Å²) in [6, 6.07) is 5.04. The molecule has 0 saturated heterocycles. The molecule has 0 unspecified atom stereocenters. The minimum atomic E-state index is -0.476. The van der Waals surface area contributed by atoms with Crippen LogP contribution in [0, 0.1) is 0 Å². The maximum atomic E-state index is 11.6. The maximum absolute atomic E-state index is 11.6. The first-order valence-corrected chi connectivity index (χ1v) is 5.34. The highest BCUT2D eigenvalue weighted by atomic mass is 16.4. The second kappa shape index (κ2) is 4.55. The Morgan fingerprint density at radius 1 is 1.47 bits per heavy atom. The fourth-order valence-corrected chi connectivity index (χ4v) is 1.69. The molecular weight excluding hydrogens is 222 g/mol. The summed E-state index contributed by atoms with van der Waals surface area (Å²) < 4.78 is 6.46. The van der Waals surface area contributed by atoms with Gasteiger partial charge in [-0.05, 0) is 24.6 Å². The molecule has 1 N–H and O–H groups in total. The monoisotopic (exact) mass is 235 g/mol. The van der Waals surface area contributed by atoms with Crippen LogP contribution in [-0.2, 0) is 17.9 Å². The first kappa shape index (κ1) is 11.6. The molecule has 0 aliphatic rings. The SMILES string of the molecule is CC(=O)CCn1c(=O)oc2ccc(CO)cc21. The third-order valence-electron chi connectivity index (χ3n) is 2.60. The lowest BCUT2D eigenvalue weighted by Gasteiger charge is -2.01. The zero-order valence-electron chi connectivity index (χ0n) is 9.47. The van der Waals surface area contributed by atoms with Gasteiger partial charge in [-0.2, -0.15) is 0 Å². The number of aliphatic hydroxyl groups excluding tert-OH is 1. The normalized spacial score (nSPS) is 10.9. The van der Waals surface area contributed by atoms with Crippen molar-refractivity contribution in [2.24, 2.45) is 0 Å². The first-order chi connectivity index (χ1) is 8.11. The van der Waals surface area contributed by atoms with E-state index in [-0.39, 0.29) is 18.8 Å². The van der Waals surface area contributed by atoms with Gasteiger partial charge in [0.1, 0.15) is 5.78 Å². The van der Waals surface area contributed by atoms with Gasteiger partial charge in [0.15, 0.2) is 5.58 Å². The van der Waals surface area contributed by atoms with E-state index in [0.717, 1.165) is 0 Å². The quantitative estimate of drug-likeness (QED) is 0.860. The molecule has 1 heterocycles. The molecule has 1 aromatic carbocycles. The predicted octanol–water partition coefficient (Wildman–Crippen LogP) is 1.07. The van der Waals surface area contributed by atoms with Gasteiger partial charge in [0, 0.05) is 13.0 Å². The van der Waals surface area contributed by atoms with Crippen molar-refractivity contribution in [1.82, 2.24) is 4.57 Å². The number of nitrogens with zero attached hydrogens (tertiary/aromatic N) is 1. The molecule has 0 atom stereocenters. The first-order valence-electron chi connectivity index (χ1n) is 5.34. The minimum absolute atomic E-state index is 0.0181. The zero-order valence-corrected chi connectivity index (χ0v) is 9.47. The number of ketones is 1. The van der Waals surface area contributed by atoms with Gasteiger partial charge in [0.2, 0.25) is 0 Å². The van der Waals surface area contributed by atoms with E-state index >= 15 is 0 Å². The molecule has 0 aliphatic heterocycles. The van der Waals surface area contributed by atoms with E-state index < -0.39 is 5.76 Å². The number of oxazole rings is 1. The van der Waals surface area contributed by atoms with Crippen LogP contribution >= 0.6 is 0 Å². The van der Waals surface area contributed by atoms with Crippen molar-refractivity contribution < 1.29 is 14.3 Å². The molecule has 17 heavy (non-hydrogen) atoms. The number of fused-ring (bicyclic) bond motifs is 1. The Morgan fingerprint density at radius 2 is 2.24 bits per heavy atom. The number of Topliss-reactive ketones (excluding diaryl/α,β-unsaturated/α-hetero) is 1. The number of benzene rings is 1. The molecule has 2 rings (SSSR count). The molecule has 90 valence electrons. The van der Waals surface area contributed by atoms with Gasteiger partial charge in [-0.15, -0.1) is 0 Å². The molecular formula is C12H13NO4. The summed E-state index contributed by atoms with van der Waals surface area (Å²) in [5.74, 6) is -0.457. The van der Waals surface area contributed by atoms with Crippen molar-refractivity contribution in [3.63, 3.8) is 0 Å². The van der Waals surface area contributed by atoms with Gasteiger partial charge in [-0.25, -0.2) is 4.79 Å². The van der Waals surface area contributed by atoms with Crippen molar-refractivity contribution in [2.75, 3.05) is 0 Å². The summed E-state index contributed by atoms with van der Waals surface area (Å²) in [5.41, 5.74) is 1.79. The zero-order chi connectivity index (χ0) is 12.4. The molecule has 0 amide bonds. The fraction of sp³-hybridized carbons (Fsp3) is 0.333. The minimum Gasteiger partial charge on any atom is -0.408 e. The third-order valence-corrected chi connectivity index (χ3v) is 2.60. The summed E-state index contributed by atoms with van der Waals surface area (Å²) in [6.45, 7) is 1.69. The molecule has 0 radical (unpaired) electrons. The number of aromatic nitrogens is 1. The second-order valence-corrected chi connectivity index (χ2v) is 3.93. The Balaban J connectivity index is 2.48. The molecule has 0 aliphatic carbocycles. The van der Waals surface area contributed by atoms with E-state index in [1.165, 1.54) is 11.5 Å². The standard InChI is InChI=1S/C12H13NO4/c1-8(15)4-5-13-10-6-9(7-14)2-3-11(10)17-12(13)16/h2-3,6,14H,4-5,7H2,1H3. The van der Waals surface area contributed by atoms with Crippen LogP contribution in [0.5, 0.6) is 0 Å². The Kier molecular flexibility index (Phi) is 3.10. The van der Waals surface area contributed by atoms with E-state index in [0.29, 0.717) is 23.2 Å². The molecule has 0 fully saturated rings. The van der Waals surface area contributed by atoms with E-state index in [1.54, 1.807) is 18.2 Å². The topological polar surface area (TPSA) is 72.4 Å². The van der Waals surface area contributed by atoms with Crippen molar-refractivity contribution >= 4 is 16.9 Å². The number of carbonyl (C=O) groups excluding carboxylic acids is 1. The van der Waals surface area contributed by atoms with Gasteiger partial charge in [0.05, 0.1) is 12.1 Å². The third kappa shape index (κ3) is 2.29. The molecule has 1 aromatic heterocycles. The Labute approximate surface area is 97.3 Å². The van der Waals surface area contributed by atoms with Gasteiger partial charge in [0.25, 0.3) is 0 Å². The largest absolute Gasteiger partial charge is 0.419 e. The van der Waals surface area contributed by atoms with E-state index in [9.17, 15) is 9.59 Å². The van der Waals surface area contributed by atoms with Crippen LogP contribution in [0.15, 0.2) is 27.4 Å². The Hall–Kier alpha value is -1.88. The molecule has 5 nitrogen and oxygen atoms in total. The summed E-state index contributed by atoms with van der Waals surface area (Å²) >= 11 is 0. The molecule has 0 saturated carbocycles. The molecule has 0 bridgehead atoms. The smallest absolute Gasteiger partial charge is 0.408 e. The lowest BCUT2D eigenvalue weighted by Crippen LogP contribution is -2.15. The summed E-state index contributed by atoms with van der Waals surface area (Å²) in [7, 11) is 0. The van der Waals surface area contributed by atoms with Crippen LogP contribution in [0.1, 0.15) is 18.9 Å². The van der Waals surface area contributed by atoms with Gasteiger partial charge in [-0.3, -0.25) is 9.36 Å². The molecule has 0 spiro atoms. The Bertz CT molecular complexity index is 608. The van der Waals surface area contributed by atoms with E-state index in [4.69, 9.17) is 9.52 Å². The van der Waals surface area contributed by atoms with E-state index in [1.807, 2.05) is 0 Å². The van der Waals surface area contributed by atoms with Crippen LogP contribution in [0.3, 0.4) is 0 Å². The maximum Gasteiger partial charge on any atom is 0.419 e. The van der Waals surface area contributed by atoms with Gasteiger partial charge >= 0.3 is 5.76 Å². The molecule has 2 aromatic rings. The number of hydrogen-bond acceptors (Lipinski definition) is 4. The average Bonchev–Trinajstić information content (AvgIpc) is 2.61. The van der Waals surface area contributed by atoms with Crippen molar-refractivity contribution in [3.05, 3.63) is 34.3 Å². The highest BCUT2D eigenvalue weighted by Gasteiger charge is 2.10. The number of rotatable bonds is 4. The van der Waals surface area contributed by atoms with Crippen LogP contribution in [-0.4, -0.2) is 15.5 Å². The number of hydrogen-bond donors (Lipinski definition) is 1. The van der Waals surface area contributed by atoms with Crippen LogP contribution in [0.4, 0.5) is 0 Å². The van der Waals surface area contributed by atoms with E-state index in [2.05, 4.69) is 0 Å². The lowest BCUT2D eigenvalue weighted by molar-refractivity contribution is -0.117. The van der Waals surface area contributed by atoms with Gasteiger partial charge in [-0.1, -0.05) is 6.07 Å². The summed E-state index contributed by atoms with van der Waals surface area (Å²) in [4.78, 5) is 22.5. The summed E-state index contributed by atoms with van der Waals surface area (Å²) in [6.07, 6.45) is 0.290. The fourth-order valence-electron chi connectivity index (χ4n) is 1.69.